The quantitative estimate of drug-likeness (QED) is 0.902. The summed E-state index contributed by atoms with van der Waals surface area (Å²) in [5, 5.41) is 3.08. The van der Waals surface area contributed by atoms with Crippen molar-refractivity contribution in [1.82, 2.24) is 5.32 Å². The maximum absolute atomic E-state index is 12.2. The summed E-state index contributed by atoms with van der Waals surface area (Å²) in [5.41, 5.74) is 4.84. The number of carbonyl (C=O) groups excluding carboxylic acids is 1. The third-order valence-corrected chi connectivity index (χ3v) is 4.26. The van der Waals surface area contributed by atoms with Crippen molar-refractivity contribution in [1.29, 1.82) is 0 Å². The van der Waals surface area contributed by atoms with E-state index in [0.717, 1.165) is 0 Å². The van der Waals surface area contributed by atoms with E-state index in [9.17, 15) is 4.79 Å². The van der Waals surface area contributed by atoms with Gasteiger partial charge in [0.1, 0.15) is 0 Å². The van der Waals surface area contributed by atoms with Gasteiger partial charge in [0.25, 0.3) is 5.91 Å². The Kier molecular flexibility index (Phi) is 4.05. The highest BCUT2D eigenvalue weighted by Gasteiger charge is 2.14. The average molecular weight is 279 g/mol. The van der Waals surface area contributed by atoms with Crippen LogP contribution in [0.4, 0.5) is 0 Å². The fourth-order valence-electron chi connectivity index (χ4n) is 2.98. The van der Waals surface area contributed by atoms with E-state index in [0.29, 0.717) is 5.56 Å². The Balaban J connectivity index is 1.73. The Morgan fingerprint density at radius 2 is 1.71 bits per heavy atom. The van der Waals surface area contributed by atoms with Gasteiger partial charge in [0.15, 0.2) is 0 Å². The van der Waals surface area contributed by atoms with Crippen LogP contribution in [0.15, 0.2) is 48.5 Å². The Morgan fingerprint density at radius 3 is 2.48 bits per heavy atom. The molecule has 0 fully saturated rings. The molecule has 2 nitrogen and oxygen atoms in total. The van der Waals surface area contributed by atoms with Crippen LogP contribution in [0.2, 0.25) is 0 Å². The largest absolute Gasteiger partial charge is 0.346 e. The number of hydrogen-bond acceptors (Lipinski definition) is 1. The van der Waals surface area contributed by atoms with Crippen molar-refractivity contribution in [2.45, 2.75) is 38.6 Å². The second-order valence-electron chi connectivity index (χ2n) is 5.80. The minimum absolute atomic E-state index is 0.0131. The van der Waals surface area contributed by atoms with Gasteiger partial charge in [-0.15, -0.1) is 0 Å². The molecular formula is C19H21NO. The molecule has 1 aliphatic rings. The first kappa shape index (κ1) is 13.9. The highest BCUT2D eigenvalue weighted by atomic mass is 16.1. The smallest absolute Gasteiger partial charge is 0.251 e. The molecule has 108 valence electrons. The van der Waals surface area contributed by atoms with Crippen molar-refractivity contribution in [2.24, 2.45) is 0 Å². The van der Waals surface area contributed by atoms with Gasteiger partial charge in [0.2, 0.25) is 0 Å². The number of hydrogen-bond donors (Lipinski definition) is 1. The molecule has 0 heterocycles. The van der Waals surface area contributed by atoms with E-state index < -0.39 is 0 Å². The predicted octanol–water partition coefficient (Wildman–Crippen LogP) is 4.06. The second-order valence-corrected chi connectivity index (χ2v) is 5.80. The van der Waals surface area contributed by atoms with Crippen LogP contribution in [0, 0.1) is 0 Å². The summed E-state index contributed by atoms with van der Waals surface area (Å²) in [6.07, 6.45) is 4.94. The number of carbonyl (C=O) groups is 1. The average Bonchev–Trinajstić information content (AvgIpc) is 2.55. The SMILES string of the molecule is CC(NC(=O)c1ccccc1)c1ccc2c(c1)CCCC2. The van der Waals surface area contributed by atoms with E-state index >= 15 is 0 Å². The number of benzene rings is 2. The number of nitrogens with one attached hydrogen (secondary N) is 1. The number of amides is 1. The van der Waals surface area contributed by atoms with Gasteiger partial charge in [0, 0.05) is 5.56 Å². The standard InChI is InChI=1S/C19H21NO/c1-14(20-19(21)16-8-3-2-4-9-16)17-12-11-15-7-5-6-10-18(15)13-17/h2-4,8-9,11-14H,5-7,10H2,1H3,(H,20,21). The van der Waals surface area contributed by atoms with Crippen LogP contribution in [0.25, 0.3) is 0 Å². The van der Waals surface area contributed by atoms with E-state index in [2.05, 4.69) is 23.5 Å². The monoisotopic (exact) mass is 279 g/mol. The molecule has 21 heavy (non-hydrogen) atoms. The zero-order valence-corrected chi connectivity index (χ0v) is 12.4. The number of fused-ring (bicyclic) bond motifs is 1. The van der Waals surface area contributed by atoms with Crippen molar-refractivity contribution in [2.75, 3.05) is 0 Å². The molecule has 0 spiro atoms. The van der Waals surface area contributed by atoms with Gasteiger partial charge in [-0.1, -0.05) is 36.4 Å². The lowest BCUT2D eigenvalue weighted by Gasteiger charge is -2.20. The molecule has 2 aromatic rings. The molecule has 1 atom stereocenters. The predicted molar refractivity (Wildman–Crippen MR) is 85.4 cm³/mol. The zero-order valence-electron chi connectivity index (χ0n) is 12.4. The summed E-state index contributed by atoms with van der Waals surface area (Å²) < 4.78 is 0. The van der Waals surface area contributed by atoms with Crippen molar-refractivity contribution in [3.05, 3.63) is 70.8 Å². The molecule has 1 aliphatic carbocycles. The highest BCUT2D eigenvalue weighted by molar-refractivity contribution is 5.94. The van der Waals surface area contributed by atoms with Crippen LogP contribution in [-0.4, -0.2) is 5.91 Å². The molecule has 0 bridgehead atoms. The van der Waals surface area contributed by atoms with Gasteiger partial charge in [0.05, 0.1) is 6.04 Å². The van der Waals surface area contributed by atoms with Crippen molar-refractivity contribution >= 4 is 5.91 Å². The molecule has 1 unspecified atom stereocenters. The first-order valence-electron chi connectivity index (χ1n) is 7.71. The summed E-state index contributed by atoms with van der Waals surface area (Å²) >= 11 is 0. The van der Waals surface area contributed by atoms with Gasteiger partial charge in [-0.25, -0.2) is 0 Å². The van der Waals surface area contributed by atoms with Gasteiger partial charge >= 0.3 is 0 Å². The van der Waals surface area contributed by atoms with Crippen LogP contribution in [0.3, 0.4) is 0 Å². The Hall–Kier alpha value is -2.09. The van der Waals surface area contributed by atoms with E-state index in [1.807, 2.05) is 37.3 Å². The fraction of sp³-hybridized carbons (Fsp3) is 0.316. The molecular weight excluding hydrogens is 258 g/mol. The van der Waals surface area contributed by atoms with Gasteiger partial charge in [-0.3, -0.25) is 4.79 Å². The summed E-state index contributed by atoms with van der Waals surface area (Å²) in [6, 6.07) is 16.1. The molecule has 3 rings (SSSR count). The minimum Gasteiger partial charge on any atom is -0.346 e. The van der Waals surface area contributed by atoms with Crippen LogP contribution in [-0.2, 0) is 12.8 Å². The molecule has 0 radical (unpaired) electrons. The molecule has 0 aromatic heterocycles. The maximum atomic E-state index is 12.2. The third kappa shape index (κ3) is 3.15. The van der Waals surface area contributed by atoms with Crippen molar-refractivity contribution in [3.8, 4) is 0 Å². The lowest BCUT2D eigenvalue weighted by Crippen LogP contribution is -2.26. The normalized spacial score (nSPS) is 15.1. The Bertz CT molecular complexity index is 633. The number of rotatable bonds is 3. The molecule has 0 saturated carbocycles. The first-order valence-corrected chi connectivity index (χ1v) is 7.71. The molecule has 1 N–H and O–H groups in total. The van der Waals surface area contributed by atoms with Crippen LogP contribution < -0.4 is 5.32 Å². The summed E-state index contributed by atoms with van der Waals surface area (Å²) in [7, 11) is 0. The molecule has 0 saturated heterocycles. The van der Waals surface area contributed by atoms with E-state index in [1.54, 1.807) is 0 Å². The minimum atomic E-state index is -0.0131. The topological polar surface area (TPSA) is 29.1 Å². The summed E-state index contributed by atoms with van der Waals surface area (Å²) in [6.45, 7) is 2.05. The lowest BCUT2D eigenvalue weighted by molar-refractivity contribution is 0.0940. The zero-order chi connectivity index (χ0) is 14.7. The Labute approximate surface area is 126 Å². The van der Waals surface area contributed by atoms with Gasteiger partial charge in [-0.2, -0.15) is 0 Å². The van der Waals surface area contributed by atoms with Crippen molar-refractivity contribution in [3.63, 3.8) is 0 Å². The van der Waals surface area contributed by atoms with E-state index in [4.69, 9.17) is 0 Å². The van der Waals surface area contributed by atoms with Gasteiger partial charge < -0.3 is 5.32 Å². The fourth-order valence-corrected chi connectivity index (χ4v) is 2.98. The summed E-state index contributed by atoms with van der Waals surface area (Å²) in [4.78, 5) is 12.2. The number of aryl methyl sites for hydroxylation is 2. The lowest BCUT2D eigenvalue weighted by atomic mass is 9.89. The summed E-state index contributed by atoms with van der Waals surface area (Å²) in [5.74, 6) is -0.0131. The molecule has 2 heteroatoms. The van der Waals surface area contributed by atoms with Crippen LogP contribution >= 0.6 is 0 Å². The maximum Gasteiger partial charge on any atom is 0.251 e. The van der Waals surface area contributed by atoms with E-state index in [-0.39, 0.29) is 11.9 Å². The van der Waals surface area contributed by atoms with Gasteiger partial charge in [-0.05, 0) is 61.4 Å². The Morgan fingerprint density at radius 1 is 1.00 bits per heavy atom. The molecule has 0 aliphatic heterocycles. The van der Waals surface area contributed by atoms with E-state index in [1.165, 1.54) is 42.4 Å². The highest BCUT2D eigenvalue weighted by Crippen LogP contribution is 2.24. The van der Waals surface area contributed by atoms with Crippen LogP contribution in [0.1, 0.15) is 52.9 Å². The van der Waals surface area contributed by atoms with Crippen molar-refractivity contribution < 1.29 is 4.79 Å². The first-order chi connectivity index (χ1) is 10.2. The molecule has 1 amide bonds. The van der Waals surface area contributed by atoms with Crippen LogP contribution in [0.5, 0.6) is 0 Å². The second kappa shape index (κ2) is 6.13. The molecule has 2 aromatic carbocycles. The third-order valence-electron chi connectivity index (χ3n) is 4.26.